The first-order valence-electron chi connectivity index (χ1n) is 8.08. The number of benzene rings is 1. The summed E-state index contributed by atoms with van der Waals surface area (Å²) in [6, 6.07) is 11.0. The Morgan fingerprint density at radius 1 is 1.19 bits per heavy atom. The fourth-order valence-corrected chi connectivity index (χ4v) is 3.06. The first-order chi connectivity index (χ1) is 12.9. The van der Waals surface area contributed by atoms with Gasteiger partial charge in [0.05, 0.1) is 5.02 Å². The average molecular weight is 402 g/mol. The molecule has 0 radical (unpaired) electrons. The van der Waals surface area contributed by atoms with Crippen LogP contribution in [0, 0.1) is 6.92 Å². The van der Waals surface area contributed by atoms with Crippen LogP contribution in [0.15, 0.2) is 48.0 Å². The molecule has 2 aromatic heterocycles. The van der Waals surface area contributed by atoms with Crippen molar-refractivity contribution in [3.63, 3.8) is 0 Å². The molecule has 0 unspecified atom stereocenters. The zero-order chi connectivity index (χ0) is 19.4. The van der Waals surface area contributed by atoms with Gasteiger partial charge in [-0.15, -0.1) is 11.3 Å². The van der Waals surface area contributed by atoms with Crippen molar-refractivity contribution in [3.8, 4) is 10.6 Å². The molecular weight excluding hydrogens is 386 g/mol. The Balaban J connectivity index is 1.61. The standard InChI is InChI=1S/C19H16ClN3O3S/c1-11-3-5-13(6-4-11)18-22-15(10-27-18)19(25)26-12(2)17(24)23-16-8-7-14(20)9-21-16/h3-10,12H,1-2H3,(H,21,23,24)/t12-/m0/s1. The number of aryl methyl sites for hydroxylation is 1. The number of anilines is 1. The Morgan fingerprint density at radius 2 is 1.93 bits per heavy atom. The molecule has 0 bridgehead atoms. The molecule has 1 N–H and O–H groups in total. The van der Waals surface area contributed by atoms with Crippen molar-refractivity contribution < 1.29 is 14.3 Å². The van der Waals surface area contributed by atoms with E-state index < -0.39 is 18.0 Å². The van der Waals surface area contributed by atoms with E-state index in [0.717, 1.165) is 11.1 Å². The molecule has 3 rings (SSSR count). The number of nitrogens with one attached hydrogen (secondary N) is 1. The minimum atomic E-state index is -1.00. The van der Waals surface area contributed by atoms with E-state index in [9.17, 15) is 9.59 Å². The summed E-state index contributed by atoms with van der Waals surface area (Å²) >= 11 is 7.09. The number of nitrogens with zero attached hydrogens (tertiary/aromatic N) is 2. The summed E-state index contributed by atoms with van der Waals surface area (Å²) in [6.07, 6.45) is 0.412. The molecule has 6 nitrogen and oxygen atoms in total. The highest BCUT2D eigenvalue weighted by Crippen LogP contribution is 2.24. The highest BCUT2D eigenvalue weighted by atomic mass is 35.5. The molecule has 0 aliphatic carbocycles. The summed E-state index contributed by atoms with van der Waals surface area (Å²) in [5.41, 5.74) is 2.23. The Hall–Kier alpha value is -2.77. The molecule has 2 heterocycles. The number of carbonyl (C=O) groups excluding carboxylic acids is 2. The Kier molecular flexibility index (Phi) is 5.83. The average Bonchev–Trinajstić information content (AvgIpc) is 3.14. The van der Waals surface area contributed by atoms with Crippen molar-refractivity contribution in [3.05, 3.63) is 64.3 Å². The Labute approximate surface area is 165 Å². The molecule has 0 aliphatic heterocycles. The maximum atomic E-state index is 12.3. The number of hydrogen-bond acceptors (Lipinski definition) is 6. The third-order valence-electron chi connectivity index (χ3n) is 3.64. The second-order valence-electron chi connectivity index (χ2n) is 5.80. The van der Waals surface area contributed by atoms with Gasteiger partial charge in [0, 0.05) is 17.1 Å². The summed E-state index contributed by atoms with van der Waals surface area (Å²) in [5.74, 6) is -0.828. The van der Waals surface area contributed by atoms with E-state index in [1.54, 1.807) is 17.5 Å². The van der Waals surface area contributed by atoms with Gasteiger partial charge in [-0.3, -0.25) is 4.79 Å². The van der Waals surface area contributed by atoms with Crippen molar-refractivity contribution in [1.29, 1.82) is 0 Å². The van der Waals surface area contributed by atoms with Crippen LogP contribution in [0.4, 0.5) is 5.82 Å². The van der Waals surface area contributed by atoms with Crippen LogP contribution >= 0.6 is 22.9 Å². The van der Waals surface area contributed by atoms with E-state index in [0.29, 0.717) is 15.8 Å². The third kappa shape index (κ3) is 4.90. The van der Waals surface area contributed by atoms with E-state index >= 15 is 0 Å². The number of pyridine rings is 1. The van der Waals surface area contributed by atoms with Crippen LogP contribution in [0.2, 0.25) is 5.02 Å². The monoisotopic (exact) mass is 401 g/mol. The quantitative estimate of drug-likeness (QED) is 0.643. The van der Waals surface area contributed by atoms with Crippen molar-refractivity contribution in [2.75, 3.05) is 5.32 Å². The summed E-state index contributed by atoms with van der Waals surface area (Å²) in [4.78, 5) is 32.7. The SMILES string of the molecule is Cc1ccc(-c2nc(C(=O)O[C@@H](C)C(=O)Nc3ccc(Cl)cn3)cs2)cc1. The van der Waals surface area contributed by atoms with Gasteiger partial charge in [0.2, 0.25) is 0 Å². The predicted molar refractivity (Wildman–Crippen MR) is 105 cm³/mol. The number of carbonyl (C=O) groups is 2. The lowest BCUT2D eigenvalue weighted by Crippen LogP contribution is -2.30. The van der Waals surface area contributed by atoms with Crippen molar-refractivity contribution in [2.45, 2.75) is 20.0 Å². The van der Waals surface area contributed by atoms with Gasteiger partial charge in [0.25, 0.3) is 5.91 Å². The number of aromatic nitrogens is 2. The predicted octanol–water partition coefficient (Wildman–Crippen LogP) is 4.35. The Morgan fingerprint density at radius 3 is 2.59 bits per heavy atom. The van der Waals surface area contributed by atoms with Crippen LogP contribution in [0.5, 0.6) is 0 Å². The van der Waals surface area contributed by atoms with E-state index in [1.807, 2.05) is 31.2 Å². The lowest BCUT2D eigenvalue weighted by atomic mass is 10.2. The first kappa shape index (κ1) is 19.0. The summed E-state index contributed by atoms with van der Waals surface area (Å²) in [7, 11) is 0. The first-order valence-corrected chi connectivity index (χ1v) is 9.34. The normalized spacial score (nSPS) is 11.7. The minimum absolute atomic E-state index is 0.167. The number of amides is 1. The van der Waals surface area contributed by atoms with Gasteiger partial charge in [-0.1, -0.05) is 41.4 Å². The summed E-state index contributed by atoms with van der Waals surface area (Å²) in [6.45, 7) is 3.48. The lowest BCUT2D eigenvalue weighted by molar-refractivity contribution is -0.123. The molecule has 0 aliphatic rings. The molecule has 0 saturated heterocycles. The van der Waals surface area contributed by atoms with Gasteiger partial charge < -0.3 is 10.1 Å². The summed E-state index contributed by atoms with van der Waals surface area (Å²) < 4.78 is 5.20. The van der Waals surface area contributed by atoms with Crippen LogP contribution in [0.3, 0.4) is 0 Å². The smallest absolute Gasteiger partial charge is 0.358 e. The van der Waals surface area contributed by atoms with Gasteiger partial charge in [-0.2, -0.15) is 0 Å². The molecule has 8 heteroatoms. The Bertz CT molecular complexity index is 955. The molecule has 0 saturated carbocycles. The van der Waals surface area contributed by atoms with Crippen molar-refractivity contribution in [1.82, 2.24) is 9.97 Å². The molecule has 138 valence electrons. The van der Waals surface area contributed by atoms with Crippen LogP contribution in [-0.4, -0.2) is 27.9 Å². The van der Waals surface area contributed by atoms with Gasteiger partial charge in [-0.25, -0.2) is 14.8 Å². The minimum Gasteiger partial charge on any atom is -0.448 e. The fourth-order valence-electron chi connectivity index (χ4n) is 2.15. The number of esters is 1. The molecule has 27 heavy (non-hydrogen) atoms. The highest BCUT2D eigenvalue weighted by molar-refractivity contribution is 7.13. The van der Waals surface area contributed by atoms with Gasteiger partial charge in [0.15, 0.2) is 11.8 Å². The van der Waals surface area contributed by atoms with Crippen LogP contribution in [0.1, 0.15) is 23.0 Å². The zero-order valence-electron chi connectivity index (χ0n) is 14.6. The van der Waals surface area contributed by atoms with E-state index in [1.165, 1.54) is 24.5 Å². The second-order valence-corrected chi connectivity index (χ2v) is 7.10. The fraction of sp³-hybridized carbons (Fsp3) is 0.158. The van der Waals surface area contributed by atoms with E-state index in [4.69, 9.17) is 16.3 Å². The number of hydrogen-bond donors (Lipinski definition) is 1. The van der Waals surface area contributed by atoms with Crippen molar-refractivity contribution >= 4 is 40.6 Å². The van der Waals surface area contributed by atoms with Gasteiger partial charge in [0.1, 0.15) is 10.8 Å². The highest BCUT2D eigenvalue weighted by Gasteiger charge is 2.21. The van der Waals surface area contributed by atoms with Crippen LogP contribution in [-0.2, 0) is 9.53 Å². The number of halogens is 1. The zero-order valence-corrected chi connectivity index (χ0v) is 16.2. The lowest BCUT2D eigenvalue weighted by Gasteiger charge is -2.12. The van der Waals surface area contributed by atoms with Crippen LogP contribution < -0.4 is 5.32 Å². The third-order valence-corrected chi connectivity index (χ3v) is 4.76. The molecular formula is C19H16ClN3O3S. The maximum Gasteiger partial charge on any atom is 0.358 e. The van der Waals surface area contributed by atoms with E-state index in [2.05, 4.69) is 15.3 Å². The van der Waals surface area contributed by atoms with Gasteiger partial charge in [-0.05, 0) is 26.0 Å². The number of rotatable bonds is 5. The summed E-state index contributed by atoms with van der Waals surface area (Å²) in [5, 5.41) is 5.34. The topological polar surface area (TPSA) is 81.2 Å². The second kappa shape index (κ2) is 8.28. The molecule has 0 spiro atoms. The van der Waals surface area contributed by atoms with Gasteiger partial charge >= 0.3 is 5.97 Å². The molecule has 0 fully saturated rings. The molecule has 1 atom stereocenters. The number of thiazole rings is 1. The number of ether oxygens (including phenoxy) is 1. The molecule has 1 amide bonds. The largest absolute Gasteiger partial charge is 0.448 e. The maximum absolute atomic E-state index is 12.3. The molecule has 3 aromatic rings. The van der Waals surface area contributed by atoms with Crippen LogP contribution in [0.25, 0.3) is 10.6 Å². The van der Waals surface area contributed by atoms with Crippen molar-refractivity contribution in [2.24, 2.45) is 0 Å². The molecule has 1 aromatic carbocycles. The van der Waals surface area contributed by atoms with E-state index in [-0.39, 0.29) is 5.69 Å².